The first-order chi connectivity index (χ1) is 25.1. The van der Waals surface area contributed by atoms with Crippen LogP contribution in [0.5, 0.6) is 0 Å². The molecule has 2 saturated heterocycles. The molecule has 16 nitrogen and oxygen atoms in total. The molecular formula is C37H64O16S. The molecular weight excluding hydrogens is 732 g/mol. The van der Waals surface area contributed by atoms with Gasteiger partial charge in [0.1, 0.15) is 36.6 Å². The molecule has 17 heteroatoms. The molecule has 6 aliphatic rings. The predicted octanol–water partition coefficient (Wildman–Crippen LogP) is 0.250. The van der Waals surface area contributed by atoms with Crippen molar-refractivity contribution in [1.29, 1.82) is 0 Å². The fraction of sp³-hybridized carbons (Fsp3) is 1.00. The minimum atomic E-state index is -4.88. The number of aliphatic hydroxyl groups excluding tert-OH is 7. The van der Waals surface area contributed by atoms with Crippen molar-refractivity contribution in [2.24, 2.45) is 46.3 Å². The fourth-order valence-electron chi connectivity index (χ4n) is 12.1. The van der Waals surface area contributed by atoms with Crippen LogP contribution in [-0.2, 0) is 33.5 Å². The van der Waals surface area contributed by atoms with Crippen LogP contribution in [0.1, 0.15) is 92.4 Å². The van der Waals surface area contributed by atoms with Crippen molar-refractivity contribution in [3.05, 3.63) is 0 Å². The zero-order chi connectivity index (χ0) is 39.7. The van der Waals surface area contributed by atoms with E-state index in [9.17, 15) is 49.3 Å². The highest BCUT2D eigenvalue weighted by atomic mass is 32.3. The Hall–Kier alpha value is -0.610. The molecule has 2 heterocycles. The number of ether oxygens (including phenoxy) is 4. The van der Waals surface area contributed by atoms with E-state index in [1.54, 1.807) is 0 Å². The van der Waals surface area contributed by atoms with Gasteiger partial charge in [0.05, 0.1) is 43.2 Å². The Bertz CT molecular complexity index is 1400. The second-order valence-corrected chi connectivity index (χ2v) is 19.4. The van der Waals surface area contributed by atoms with Gasteiger partial charge < -0.3 is 59.8 Å². The van der Waals surface area contributed by atoms with E-state index in [0.29, 0.717) is 32.1 Å². The van der Waals surface area contributed by atoms with Crippen LogP contribution >= 0.6 is 0 Å². The van der Waals surface area contributed by atoms with Gasteiger partial charge in [-0.2, -0.15) is 8.42 Å². The van der Waals surface area contributed by atoms with E-state index in [-0.39, 0.29) is 48.0 Å². The van der Waals surface area contributed by atoms with Crippen molar-refractivity contribution in [2.45, 2.75) is 172 Å². The monoisotopic (exact) mass is 796 g/mol. The molecule has 0 radical (unpaired) electrons. The first-order valence-corrected chi connectivity index (χ1v) is 21.2. The van der Waals surface area contributed by atoms with E-state index >= 15 is 0 Å². The van der Waals surface area contributed by atoms with E-state index in [0.717, 1.165) is 19.3 Å². The lowest BCUT2D eigenvalue weighted by Gasteiger charge is -2.66. The Kier molecular flexibility index (Phi) is 12.6. The van der Waals surface area contributed by atoms with Gasteiger partial charge >= 0.3 is 10.4 Å². The predicted molar refractivity (Wildman–Crippen MR) is 188 cm³/mol. The van der Waals surface area contributed by atoms with Gasteiger partial charge in [-0.15, -0.1) is 0 Å². The van der Waals surface area contributed by atoms with Crippen LogP contribution in [0.4, 0.5) is 0 Å². The number of fused-ring (bicyclic) bond motifs is 5. The molecule has 6 fully saturated rings. The van der Waals surface area contributed by atoms with Crippen LogP contribution in [-0.4, -0.2) is 146 Å². The van der Waals surface area contributed by atoms with Crippen molar-refractivity contribution in [3.8, 4) is 0 Å². The van der Waals surface area contributed by atoms with Gasteiger partial charge in [0, 0.05) is 12.3 Å². The van der Waals surface area contributed by atoms with E-state index in [1.165, 1.54) is 0 Å². The summed E-state index contributed by atoms with van der Waals surface area (Å²) in [5.74, 6) is -0.558. The normalized spacial score (nSPS) is 50.7. The van der Waals surface area contributed by atoms with Crippen LogP contribution in [0.2, 0.25) is 0 Å². The number of rotatable bonds is 12. The first kappa shape index (κ1) is 43.0. The Morgan fingerprint density at radius 1 is 0.833 bits per heavy atom. The molecule has 0 aromatic rings. The third-order valence-corrected chi connectivity index (χ3v) is 15.2. The molecule has 6 rings (SSSR count). The summed E-state index contributed by atoms with van der Waals surface area (Å²) in [5.41, 5.74) is -1.98. The minimum Gasteiger partial charge on any atom is -0.393 e. The molecule has 0 bridgehead atoms. The highest BCUT2D eigenvalue weighted by Gasteiger charge is 2.70. The Labute approximate surface area is 318 Å². The Morgan fingerprint density at radius 2 is 1.52 bits per heavy atom. The van der Waals surface area contributed by atoms with Gasteiger partial charge in [0.2, 0.25) is 0 Å². The van der Waals surface area contributed by atoms with Gasteiger partial charge in [0.15, 0.2) is 12.6 Å². The Morgan fingerprint density at radius 3 is 2.19 bits per heavy atom. The zero-order valence-electron chi connectivity index (χ0n) is 32.0. The Balaban J connectivity index is 1.15. The quantitative estimate of drug-likeness (QED) is 0.120. The smallest absolute Gasteiger partial charge is 0.393 e. The standard InChI is InChI=1S/C37H64O16S/c1-17(2)25(51-34-31(29(43)26(52-34)16-50-54(46,47)48)53-33-30(44)28(42)24(41)15-49-33)7-6-18(3)20-13-22(39)32-36(20,5)11-9-27-35(4)10-8-19(38)12-21(35)23(40)14-37(27,32)45/h17-34,38-45H,6-16H2,1-5H3,(H,46,47,48)/t18-,19+,20-,21?,22?,23+,24?,25+,26?,27?,28?,29?,30?,31?,32?,33?,34?,35+,36-,37+/m1/s1. The molecule has 20 atom stereocenters. The summed E-state index contributed by atoms with van der Waals surface area (Å²) in [7, 11) is -4.88. The largest absolute Gasteiger partial charge is 0.397 e. The second-order valence-electron chi connectivity index (χ2n) is 18.4. The van der Waals surface area contributed by atoms with Crippen LogP contribution < -0.4 is 0 Å². The van der Waals surface area contributed by atoms with E-state index in [4.69, 9.17) is 23.5 Å². The number of hydrogen-bond donors (Lipinski definition) is 9. The third kappa shape index (κ3) is 7.92. The van der Waals surface area contributed by atoms with Gasteiger partial charge in [-0.3, -0.25) is 4.55 Å². The maximum absolute atomic E-state index is 12.6. The topological polar surface area (TPSA) is 262 Å². The molecule has 0 spiro atoms. The number of aliphatic hydroxyl groups is 8. The van der Waals surface area contributed by atoms with Crippen molar-refractivity contribution < 1.29 is 77.0 Å². The van der Waals surface area contributed by atoms with Crippen molar-refractivity contribution >= 4 is 10.4 Å². The molecule has 4 saturated carbocycles. The summed E-state index contributed by atoms with van der Waals surface area (Å²) in [4.78, 5) is 0. The van der Waals surface area contributed by atoms with E-state index in [2.05, 4.69) is 25.0 Å². The summed E-state index contributed by atoms with van der Waals surface area (Å²) in [6.07, 6.45) is -8.85. The SMILES string of the molecule is CC(C)[C@H](CC[C@@H](C)[C@H]1CC(O)C2[C@]3(O)C[C@H](O)C4C[C@@H](O)CC[C@]4(C)C3CC[C@@]21C)OC1OC(COS(=O)(=O)O)C(O)C1OC1OCC(O)C(O)C1O. The maximum atomic E-state index is 12.6. The highest BCUT2D eigenvalue weighted by molar-refractivity contribution is 7.80. The molecule has 12 unspecified atom stereocenters. The van der Waals surface area contributed by atoms with Crippen LogP contribution in [0.15, 0.2) is 0 Å². The molecule has 0 aromatic heterocycles. The van der Waals surface area contributed by atoms with E-state index in [1.807, 2.05) is 13.8 Å². The number of hydrogen-bond acceptors (Lipinski definition) is 15. The second kappa shape index (κ2) is 15.9. The summed E-state index contributed by atoms with van der Waals surface area (Å²) >= 11 is 0. The minimum absolute atomic E-state index is 0.0560. The molecule has 2 aliphatic heterocycles. The van der Waals surface area contributed by atoms with Gasteiger partial charge in [-0.1, -0.05) is 34.6 Å². The fourth-order valence-corrected chi connectivity index (χ4v) is 12.4. The molecule has 0 amide bonds. The lowest BCUT2D eigenvalue weighted by atomic mass is 9.42. The summed E-state index contributed by atoms with van der Waals surface area (Å²) in [6, 6.07) is 0. The van der Waals surface area contributed by atoms with Crippen molar-refractivity contribution in [2.75, 3.05) is 13.2 Å². The summed E-state index contributed by atoms with van der Waals surface area (Å²) < 4.78 is 59.7. The maximum Gasteiger partial charge on any atom is 0.397 e. The zero-order valence-corrected chi connectivity index (χ0v) is 32.8. The molecule has 4 aliphatic carbocycles. The van der Waals surface area contributed by atoms with Crippen LogP contribution in [0.3, 0.4) is 0 Å². The lowest BCUT2D eigenvalue weighted by molar-refractivity contribution is -0.307. The first-order valence-electron chi connectivity index (χ1n) is 19.8. The van der Waals surface area contributed by atoms with Gasteiger partial charge in [-0.25, -0.2) is 4.18 Å². The highest BCUT2D eigenvalue weighted by Crippen LogP contribution is 2.69. The van der Waals surface area contributed by atoms with Crippen LogP contribution in [0.25, 0.3) is 0 Å². The lowest BCUT2D eigenvalue weighted by Crippen LogP contribution is -2.68. The third-order valence-electron chi connectivity index (χ3n) is 14.8. The average Bonchev–Trinajstić information content (AvgIpc) is 3.53. The summed E-state index contributed by atoms with van der Waals surface area (Å²) in [6.45, 7) is 9.23. The summed E-state index contributed by atoms with van der Waals surface area (Å²) in [5, 5.41) is 88.0. The van der Waals surface area contributed by atoms with Crippen molar-refractivity contribution in [3.63, 3.8) is 0 Å². The molecule has 54 heavy (non-hydrogen) atoms. The molecule has 9 N–H and O–H groups in total. The van der Waals surface area contributed by atoms with Gasteiger partial charge in [0.25, 0.3) is 0 Å². The van der Waals surface area contributed by atoms with Gasteiger partial charge in [-0.05, 0) is 91.8 Å². The molecule has 0 aromatic carbocycles. The van der Waals surface area contributed by atoms with E-state index < -0.39 is 108 Å². The molecule has 314 valence electrons. The van der Waals surface area contributed by atoms with Crippen molar-refractivity contribution in [1.82, 2.24) is 0 Å². The average molecular weight is 797 g/mol. The van der Waals surface area contributed by atoms with Crippen LogP contribution in [0, 0.1) is 46.3 Å².